The maximum absolute atomic E-state index is 12.8. The Hall–Kier alpha value is -1.37. The van der Waals surface area contributed by atoms with Crippen LogP contribution < -0.4 is 5.32 Å². The van der Waals surface area contributed by atoms with E-state index >= 15 is 0 Å². The number of carbonyl (C=O) groups excluding carboxylic acids is 1. The van der Waals surface area contributed by atoms with E-state index < -0.39 is 0 Å². The third-order valence-corrected chi connectivity index (χ3v) is 4.88. The van der Waals surface area contributed by atoms with Gasteiger partial charge < -0.3 is 15.0 Å². The van der Waals surface area contributed by atoms with Crippen molar-refractivity contribution in [1.82, 2.24) is 4.90 Å². The molecule has 0 spiro atoms. The fraction of sp³-hybridized carbons (Fsp3) is 0.316. The minimum Gasteiger partial charge on any atom is -0.385 e. The van der Waals surface area contributed by atoms with Crippen molar-refractivity contribution in [2.75, 3.05) is 25.6 Å². The number of nitrogens with one attached hydrogen (secondary N) is 1. The number of benzene rings is 2. The average Bonchev–Trinajstić information content (AvgIpc) is 2.61. The predicted molar refractivity (Wildman–Crippen MR) is 109 cm³/mol. The molecule has 2 rings (SSSR count). The molecule has 2 aromatic carbocycles. The molecule has 0 heterocycles. The highest BCUT2D eigenvalue weighted by Gasteiger charge is 2.15. The van der Waals surface area contributed by atoms with Crippen molar-refractivity contribution in [3.8, 4) is 0 Å². The standard InChI is InChI=1S/C19H22Br2N2O2/c1-25-12-6-5-11-23(14-15-7-3-2-4-8-15)19(24)22-18-13-16(20)9-10-17(18)21/h2-4,7-10,13H,5-6,11-12,14H2,1H3,(H,22,24). The van der Waals surface area contributed by atoms with E-state index in [1.54, 1.807) is 7.11 Å². The van der Waals surface area contributed by atoms with Crippen LogP contribution in [0.1, 0.15) is 18.4 Å². The van der Waals surface area contributed by atoms with Gasteiger partial charge in [0.1, 0.15) is 0 Å². The molecular weight excluding hydrogens is 448 g/mol. The molecule has 0 aliphatic carbocycles. The van der Waals surface area contributed by atoms with E-state index in [1.165, 1.54) is 0 Å². The third-order valence-electron chi connectivity index (χ3n) is 3.70. The van der Waals surface area contributed by atoms with E-state index in [1.807, 2.05) is 53.4 Å². The van der Waals surface area contributed by atoms with E-state index in [-0.39, 0.29) is 6.03 Å². The lowest BCUT2D eigenvalue weighted by atomic mass is 10.2. The summed E-state index contributed by atoms with van der Waals surface area (Å²) in [7, 11) is 1.69. The molecule has 6 heteroatoms. The molecule has 0 aliphatic heterocycles. The number of unbranched alkanes of at least 4 members (excludes halogenated alkanes) is 1. The molecule has 0 aliphatic rings. The number of hydrogen-bond donors (Lipinski definition) is 1. The molecule has 25 heavy (non-hydrogen) atoms. The number of rotatable bonds is 8. The lowest BCUT2D eigenvalue weighted by molar-refractivity contribution is 0.182. The first kappa shape index (κ1) is 19.9. The van der Waals surface area contributed by atoms with Gasteiger partial charge in [0.05, 0.1) is 5.69 Å². The van der Waals surface area contributed by atoms with Crippen LogP contribution in [0.3, 0.4) is 0 Å². The zero-order valence-electron chi connectivity index (χ0n) is 14.2. The predicted octanol–water partition coefficient (Wildman–Crippen LogP) is 5.67. The Morgan fingerprint density at radius 3 is 2.60 bits per heavy atom. The number of urea groups is 1. The fourth-order valence-electron chi connectivity index (χ4n) is 2.39. The summed E-state index contributed by atoms with van der Waals surface area (Å²) in [6.07, 6.45) is 1.82. The van der Waals surface area contributed by atoms with E-state index in [2.05, 4.69) is 37.2 Å². The van der Waals surface area contributed by atoms with Crippen molar-refractivity contribution < 1.29 is 9.53 Å². The van der Waals surface area contributed by atoms with Crippen LogP contribution in [0.2, 0.25) is 0 Å². The molecule has 0 fully saturated rings. The van der Waals surface area contributed by atoms with Gasteiger partial charge in [0, 0.05) is 35.8 Å². The first-order chi connectivity index (χ1) is 12.1. The molecule has 2 aromatic rings. The molecule has 0 unspecified atom stereocenters. The SMILES string of the molecule is COCCCCN(Cc1ccccc1)C(=O)Nc1cc(Br)ccc1Br. The van der Waals surface area contributed by atoms with Gasteiger partial charge in [-0.15, -0.1) is 0 Å². The van der Waals surface area contributed by atoms with Crippen LogP contribution in [0.4, 0.5) is 10.5 Å². The first-order valence-corrected chi connectivity index (χ1v) is 9.72. The average molecular weight is 470 g/mol. The second-order valence-corrected chi connectivity index (χ2v) is 7.43. The highest BCUT2D eigenvalue weighted by Crippen LogP contribution is 2.26. The summed E-state index contributed by atoms with van der Waals surface area (Å²) in [5, 5.41) is 2.99. The first-order valence-electron chi connectivity index (χ1n) is 8.14. The maximum Gasteiger partial charge on any atom is 0.322 e. The number of anilines is 1. The Morgan fingerprint density at radius 2 is 1.88 bits per heavy atom. The Morgan fingerprint density at radius 1 is 1.12 bits per heavy atom. The summed E-state index contributed by atoms with van der Waals surface area (Å²) in [6.45, 7) is 1.96. The minimum absolute atomic E-state index is 0.111. The number of halogens is 2. The number of hydrogen-bond acceptors (Lipinski definition) is 2. The summed E-state index contributed by atoms with van der Waals surface area (Å²) < 4.78 is 6.86. The van der Waals surface area contributed by atoms with Crippen LogP contribution >= 0.6 is 31.9 Å². The Bertz CT molecular complexity index is 680. The quantitative estimate of drug-likeness (QED) is 0.506. The summed E-state index contributed by atoms with van der Waals surface area (Å²) in [5.41, 5.74) is 1.85. The number of ether oxygens (including phenoxy) is 1. The maximum atomic E-state index is 12.8. The largest absolute Gasteiger partial charge is 0.385 e. The Kier molecular flexibility index (Phi) is 8.44. The van der Waals surface area contributed by atoms with E-state index in [0.29, 0.717) is 19.7 Å². The molecule has 0 atom stereocenters. The summed E-state index contributed by atoms with van der Waals surface area (Å²) >= 11 is 6.91. The highest BCUT2D eigenvalue weighted by molar-refractivity contribution is 9.11. The molecule has 0 saturated heterocycles. The van der Waals surface area contributed by atoms with Gasteiger partial charge in [-0.25, -0.2) is 4.79 Å². The van der Waals surface area contributed by atoms with Crippen molar-refractivity contribution in [2.24, 2.45) is 0 Å². The number of carbonyl (C=O) groups is 1. The number of amides is 2. The van der Waals surface area contributed by atoms with Gasteiger partial charge in [0.2, 0.25) is 0 Å². The van der Waals surface area contributed by atoms with Gasteiger partial charge in [-0.05, 0) is 52.5 Å². The zero-order valence-corrected chi connectivity index (χ0v) is 17.3. The lowest BCUT2D eigenvalue weighted by Gasteiger charge is -2.24. The second-order valence-electron chi connectivity index (χ2n) is 5.66. The van der Waals surface area contributed by atoms with Crippen molar-refractivity contribution in [1.29, 1.82) is 0 Å². The summed E-state index contributed by atoms with van der Waals surface area (Å²) in [6, 6.07) is 15.6. The van der Waals surface area contributed by atoms with Crippen LogP contribution in [-0.2, 0) is 11.3 Å². The molecule has 0 radical (unpaired) electrons. The zero-order chi connectivity index (χ0) is 18.1. The highest BCUT2D eigenvalue weighted by atomic mass is 79.9. The molecule has 1 N–H and O–H groups in total. The van der Waals surface area contributed by atoms with E-state index in [4.69, 9.17) is 4.74 Å². The van der Waals surface area contributed by atoms with Gasteiger partial charge >= 0.3 is 6.03 Å². The van der Waals surface area contributed by atoms with Crippen LogP contribution in [0.25, 0.3) is 0 Å². The summed E-state index contributed by atoms with van der Waals surface area (Å²) in [5.74, 6) is 0. The normalized spacial score (nSPS) is 10.5. The minimum atomic E-state index is -0.111. The van der Waals surface area contributed by atoms with Crippen LogP contribution in [0.5, 0.6) is 0 Å². The number of methoxy groups -OCH3 is 1. The molecule has 134 valence electrons. The third kappa shape index (κ3) is 6.80. The van der Waals surface area contributed by atoms with Crippen molar-refractivity contribution in [3.05, 3.63) is 63.0 Å². The second kappa shape index (κ2) is 10.6. The Labute approximate surface area is 165 Å². The molecule has 0 saturated carbocycles. The lowest BCUT2D eigenvalue weighted by Crippen LogP contribution is -2.35. The smallest absolute Gasteiger partial charge is 0.322 e. The molecule has 4 nitrogen and oxygen atoms in total. The van der Waals surface area contributed by atoms with Crippen LogP contribution in [0.15, 0.2) is 57.5 Å². The monoisotopic (exact) mass is 468 g/mol. The summed E-state index contributed by atoms with van der Waals surface area (Å²) in [4.78, 5) is 14.6. The topological polar surface area (TPSA) is 41.6 Å². The van der Waals surface area contributed by atoms with Gasteiger partial charge in [0.25, 0.3) is 0 Å². The van der Waals surface area contributed by atoms with E-state index in [9.17, 15) is 4.79 Å². The van der Waals surface area contributed by atoms with Crippen LogP contribution in [0, 0.1) is 0 Å². The van der Waals surface area contributed by atoms with Crippen molar-refractivity contribution in [2.45, 2.75) is 19.4 Å². The Balaban J connectivity index is 2.06. The van der Waals surface area contributed by atoms with Gasteiger partial charge in [-0.2, -0.15) is 0 Å². The molecule has 0 bridgehead atoms. The van der Waals surface area contributed by atoms with Gasteiger partial charge in [-0.3, -0.25) is 0 Å². The molecule has 2 amide bonds. The van der Waals surface area contributed by atoms with Crippen molar-refractivity contribution >= 4 is 43.6 Å². The fourth-order valence-corrected chi connectivity index (χ4v) is 3.10. The van der Waals surface area contributed by atoms with Crippen molar-refractivity contribution in [3.63, 3.8) is 0 Å². The van der Waals surface area contributed by atoms with Crippen LogP contribution in [-0.4, -0.2) is 31.2 Å². The molecular formula is C19H22Br2N2O2. The van der Waals surface area contributed by atoms with Gasteiger partial charge in [-0.1, -0.05) is 46.3 Å². The number of nitrogens with zero attached hydrogens (tertiary/aromatic N) is 1. The van der Waals surface area contributed by atoms with Gasteiger partial charge in [0.15, 0.2) is 0 Å². The molecule has 0 aromatic heterocycles. The van der Waals surface area contributed by atoms with E-state index in [0.717, 1.165) is 33.0 Å².